The molecule has 0 radical (unpaired) electrons. The molecule has 0 spiro atoms. The van der Waals surface area contributed by atoms with Crippen LogP contribution in [0, 0.1) is 0 Å². The number of amides is 2. The average molecular weight is 378 g/mol. The van der Waals surface area contributed by atoms with E-state index in [4.69, 9.17) is 0 Å². The van der Waals surface area contributed by atoms with Gasteiger partial charge in [0.15, 0.2) is 0 Å². The highest BCUT2D eigenvalue weighted by Crippen LogP contribution is 2.15. The predicted octanol–water partition coefficient (Wildman–Crippen LogP) is 0.644. The third-order valence-electron chi connectivity index (χ3n) is 4.11. The Balaban J connectivity index is 1.71. The van der Waals surface area contributed by atoms with Crippen molar-refractivity contribution in [1.29, 1.82) is 0 Å². The summed E-state index contributed by atoms with van der Waals surface area (Å²) in [6.07, 6.45) is 3.62. The number of aryl methyl sites for hydroxylation is 1. The second-order valence-corrected chi connectivity index (χ2v) is 8.08. The van der Waals surface area contributed by atoms with Gasteiger partial charge in [0.25, 0.3) is 0 Å². The Bertz CT molecular complexity index is 879. The summed E-state index contributed by atoms with van der Waals surface area (Å²) in [6, 6.07) is 4.86. The van der Waals surface area contributed by atoms with Crippen LogP contribution in [0.5, 0.6) is 0 Å². The number of sulfonamides is 1. The number of carbonyl (C=O) groups excluding carboxylic acids is 1. The van der Waals surface area contributed by atoms with Crippen LogP contribution in [-0.4, -0.2) is 59.7 Å². The topological polar surface area (TPSA) is 100 Å². The monoisotopic (exact) mass is 378 g/mol. The number of fused-ring (bicyclic) bond motifs is 1. The van der Waals surface area contributed by atoms with Gasteiger partial charge in [-0.05, 0) is 24.6 Å². The van der Waals surface area contributed by atoms with E-state index in [1.807, 2.05) is 10.7 Å². The maximum absolute atomic E-state index is 12.3. The van der Waals surface area contributed by atoms with Gasteiger partial charge in [0, 0.05) is 39.6 Å². The highest BCUT2D eigenvalue weighted by atomic mass is 32.2. The Morgan fingerprint density at radius 2 is 2.15 bits per heavy atom. The zero-order valence-electron chi connectivity index (χ0n) is 14.8. The van der Waals surface area contributed by atoms with Crippen molar-refractivity contribution in [1.82, 2.24) is 29.3 Å². The summed E-state index contributed by atoms with van der Waals surface area (Å²) in [6.45, 7) is 1.91. The molecular formula is C16H22N6O3S. The largest absolute Gasteiger partial charge is 0.331 e. The van der Waals surface area contributed by atoms with Crippen LogP contribution in [0.2, 0.25) is 0 Å². The number of rotatable bonds is 4. The van der Waals surface area contributed by atoms with Crippen molar-refractivity contribution in [2.45, 2.75) is 31.0 Å². The van der Waals surface area contributed by atoms with Crippen molar-refractivity contribution in [3.05, 3.63) is 42.0 Å². The predicted molar refractivity (Wildman–Crippen MR) is 94.6 cm³/mol. The summed E-state index contributed by atoms with van der Waals surface area (Å²) in [5, 5.41) is 4.47. The van der Waals surface area contributed by atoms with Crippen LogP contribution >= 0.6 is 0 Å². The van der Waals surface area contributed by atoms with Crippen molar-refractivity contribution in [3.8, 4) is 0 Å². The van der Waals surface area contributed by atoms with Crippen molar-refractivity contribution in [2.24, 2.45) is 0 Å². The minimum atomic E-state index is -3.64. The molecule has 1 aliphatic rings. The molecule has 0 bridgehead atoms. The maximum Gasteiger partial charge on any atom is 0.319 e. The third kappa shape index (κ3) is 4.02. The minimum absolute atomic E-state index is 0.0431. The Labute approximate surface area is 152 Å². The van der Waals surface area contributed by atoms with Crippen LogP contribution in [-0.2, 0) is 29.7 Å². The molecule has 2 aromatic rings. The van der Waals surface area contributed by atoms with E-state index in [9.17, 15) is 13.2 Å². The second-order valence-electron chi connectivity index (χ2n) is 6.32. The van der Waals surface area contributed by atoms with E-state index in [0.29, 0.717) is 25.3 Å². The fraction of sp³-hybridized carbons (Fsp3) is 0.438. The van der Waals surface area contributed by atoms with Gasteiger partial charge in [0.05, 0.1) is 24.5 Å². The highest BCUT2D eigenvalue weighted by molar-refractivity contribution is 7.89. The fourth-order valence-corrected chi connectivity index (χ4v) is 3.77. The fourth-order valence-electron chi connectivity index (χ4n) is 2.81. The molecule has 1 aliphatic heterocycles. The number of carbonyl (C=O) groups is 1. The smallest absolute Gasteiger partial charge is 0.319 e. The Morgan fingerprint density at radius 3 is 2.85 bits per heavy atom. The van der Waals surface area contributed by atoms with Gasteiger partial charge in [-0.3, -0.25) is 9.67 Å². The first-order valence-corrected chi connectivity index (χ1v) is 9.76. The first-order chi connectivity index (χ1) is 12.4. The van der Waals surface area contributed by atoms with Crippen LogP contribution in [0.1, 0.15) is 17.8 Å². The highest BCUT2D eigenvalue weighted by Gasteiger charge is 2.22. The number of nitrogens with zero attached hydrogens (tertiary/aromatic N) is 5. The number of nitrogens with one attached hydrogen (secondary N) is 1. The molecule has 10 heteroatoms. The number of urea groups is 1. The van der Waals surface area contributed by atoms with Crippen molar-refractivity contribution in [3.63, 3.8) is 0 Å². The lowest BCUT2D eigenvalue weighted by Crippen LogP contribution is -2.38. The lowest BCUT2D eigenvalue weighted by molar-refractivity contribution is 0.169. The summed E-state index contributed by atoms with van der Waals surface area (Å²) in [7, 11) is -0.185. The van der Waals surface area contributed by atoms with Crippen molar-refractivity contribution >= 4 is 16.1 Å². The summed E-state index contributed by atoms with van der Waals surface area (Å²) in [4.78, 5) is 19.5. The van der Waals surface area contributed by atoms with Gasteiger partial charge in [0.1, 0.15) is 4.90 Å². The lowest BCUT2D eigenvalue weighted by atomic mass is 10.3. The van der Waals surface area contributed by atoms with Crippen molar-refractivity contribution in [2.75, 3.05) is 20.6 Å². The molecule has 1 N–H and O–H groups in total. The minimum Gasteiger partial charge on any atom is -0.331 e. The molecule has 26 heavy (non-hydrogen) atoms. The number of hydrogen-bond donors (Lipinski definition) is 1. The normalized spacial score (nSPS) is 14.6. The van der Waals surface area contributed by atoms with Crippen molar-refractivity contribution < 1.29 is 13.2 Å². The van der Waals surface area contributed by atoms with Gasteiger partial charge in [-0.1, -0.05) is 0 Å². The molecule has 9 nitrogen and oxygen atoms in total. The van der Waals surface area contributed by atoms with Gasteiger partial charge >= 0.3 is 6.03 Å². The molecule has 0 aliphatic carbocycles. The molecule has 0 atom stereocenters. The first kappa shape index (κ1) is 18.3. The van der Waals surface area contributed by atoms with Crippen LogP contribution in [0.4, 0.5) is 4.79 Å². The Morgan fingerprint density at radius 1 is 1.35 bits per heavy atom. The van der Waals surface area contributed by atoms with Crippen LogP contribution in [0.25, 0.3) is 0 Å². The summed E-state index contributed by atoms with van der Waals surface area (Å²) in [5.74, 6) is 0. The molecule has 3 heterocycles. The van der Waals surface area contributed by atoms with E-state index in [2.05, 4.69) is 14.8 Å². The van der Waals surface area contributed by atoms with Gasteiger partial charge in [0.2, 0.25) is 10.0 Å². The standard InChI is InChI=1S/C16H22N6O3S/c1-20(2)16(23)21-7-4-8-22-14(12-21)9-13(19-22)10-18-26(24,25)15-5-3-6-17-11-15/h3,5-6,9,11,18H,4,7-8,10,12H2,1-2H3. The van der Waals surface area contributed by atoms with Crippen LogP contribution in [0.15, 0.2) is 35.5 Å². The van der Waals surface area contributed by atoms with Gasteiger partial charge in [-0.2, -0.15) is 5.10 Å². The summed E-state index contributed by atoms with van der Waals surface area (Å²) in [5.41, 5.74) is 1.51. The van der Waals surface area contributed by atoms with Gasteiger partial charge in [-0.25, -0.2) is 17.9 Å². The molecule has 2 amide bonds. The molecule has 140 valence electrons. The average Bonchev–Trinajstić information content (AvgIpc) is 2.90. The van der Waals surface area contributed by atoms with E-state index >= 15 is 0 Å². The quantitative estimate of drug-likeness (QED) is 0.842. The number of aromatic nitrogens is 3. The summed E-state index contributed by atoms with van der Waals surface area (Å²) >= 11 is 0. The number of pyridine rings is 1. The molecule has 0 saturated carbocycles. The van der Waals surface area contributed by atoms with Gasteiger partial charge < -0.3 is 9.80 Å². The Hall–Kier alpha value is -2.46. The van der Waals surface area contributed by atoms with E-state index in [0.717, 1.165) is 12.1 Å². The molecular weight excluding hydrogens is 356 g/mol. The van der Waals surface area contributed by atoms with E-state index in [-0.39, 0.29) is 17.5 Å². The van der Waals surface area contributed by atoms with Crippen LogP contribution in [0.3, 0.4) is 0 Å². The molecule has 2 aromatic heterocycles. The number of hydrogen-bond acceptors (Lipinski definition) is 5. The maximum atomic E-state index is 12.3. The lowest BCUT2D eigenvalue weighted by Gasteiger charge is -2.23. The third-order valence-corrected chi connectivity index (χ3v) is 5.49. The molecule has 0 fully saturated rings. The molecule has 3 rings (SSSR count). The zero-order chi connectivity index (χ0) is 18.7. The molecule has 0 saturated heterocycles. The zero-order valence-corrected chi connectivity index (χ0v) is 15.6. The van der Waals surface area contributed by atoms with Gasteiger partial charge in [-0.15, -0.1) is 0 Å². The molecule has 0 aromatic carbocycles. The molecule has 0 unspecified atom stereocenters. The van der Waals surface area contributed by atoms with E-state index in [1.165, 1.54) is 18.5 Å². The second kappa shape index (κ2) is 7.42. The Kier molecular flexibility index (Phi) is 5.23. The van der Waals surface area contributed by atoms with Crippen LogP contribution < -0.4 is 4.72 Å². The van der Waals surface area contributed by atoms with E-state index in [1.54, 1.807) is 30.0 Å². The summed E-state index contributed by atoms with van der Waals surface area (Å²) < 4.78 is 28.9. The first-order valence-electron chi connectivity index (χ1n) is 8.28. The van der Waals surface area contributed by atoms with E-state index < -0.39 is 10.0 Å². The SMILES string of the molecule is CN(C)C(=O)N1CCCn2nc(CNS(=O)(=O)c3cccnc3)cc2C1.